The van der Waals surface area contributed by atoms with E-state index >= 15 is 0 Å². The molecule has 11 heteroatoms. The third kappa shape index (κ3) is 3.23. The summed E-state index contributed by atoms with van der Waals surface area (Å²) in [5.74, 6) is 0.788. The van der Waals surface area contributed by atoms with Crippen molar-refractivity contribution in [2.75, 3.05) is 26.8 Å². The van der Waals surface area contributed by atoms with Crippen LogP contribution in [0.15, 0.2) is 4.52 Å². The van der Waals surface area contributed by atoms with E-state index in [4.69, 9.17) is 40.7 Å². The quantitative estimate of drug-likeness (QED) is 0.301. The molecule has 0 radical (unpaired) electrons. The lowest BCUT2D eigenvalue weighted by Gasteiger charge is -2.50. The molecule has 192 valence electrons. The molecule has 0 aromatic carbocycles. The molecule has 3 fully saturated rings. The monoisotopic (exact) mass is 624 g/mol. The lowest BCUT2D eigenvalue weighted by atomic mass is 9.61. The van der Waals surface area contributed by atoms with Gasteiger partial charge in [0.05, 0.1) is 30.1 Å². The summed E-state index contributed by atoms with van der Waals surface area (Å²) in [6.45, 7) is 4.56. The van der Waals surface area contributed by atoms with Crippen molar-refractivity contribution in [3.05, 3.63) is 20.2 Å². The van der Waals surface area contributed by atoms with Crippen molar-refractivity contribution in [2.45, 2.75) is 81.6 Å². The zero-order valence-electron chi connectivity index (χ0n) is 20.6. The molecule has 1 saturated carbocycles. The summed E-state index contributed by atoms with van der Waals surface area (Å²) in [7, 11) is 2.15. The van der Waals surface area contributed by atoms with Crippen LogP contribution in [0.1, 0.15) is 69.2 Å². The second-order valence-electron chi connectivity index (χ2n) is 10.8. The van der Waals surface area contributed by atoms with Gasteiger partial charge in [0.1, 0.15) is 8.85 Å². The van der Waals surface area contributed by atoms with Crippen LogP contribution >= 0.6 is 34.2 Å². The number of aromatic nitrogens is 5. The van der Waals surface area contributed by atoms with E-state index in [0.717, 1.165) is 84.0 Å². The van der Waals surface area contributed by atoms with Crippen molar-refractivity contribution < 1.29 is 14.0 Å². The maximum atomic E-state index is 6.76. The molecule has 7 rings (SSSR count). The van der Waals surface area contributed by atoms with E-state index in [1.807, 2.05) is 4.68 Å². The van der Waals surface area contributed by atoms with E-state index in [-0.39, 0.29) is 11.5 Å². The van der Waals surface area contributed by atoms with E-state index < -0.39 is 5.79 Å². The minimum Gasteiger partial charge on any atom is -0.360 e. The van der Waals surface area contributed by atoms with Crippen molar-refractivity contribution >= 4 is 45.2 Å². The Bertz CT molecular complexity index is 1340. The predicted molar refractivity (Wildman–Crippen MR) is 142 cm³/mol. The van der Waals surface area contributed by atoms with E-state index in [1.165, 1.54) is 0 Å². The van der Waals surface area contributed by atoms with Gasteiger partial charge < -0.3 is 18.9 Å². The molecule has 0 bridgehead atoms. The fraction of sp³-hybridized carbons (Fsp3) is 0.680. The van der Waals surface area contributed by atoms with Crippen LogP contribution in [-0.2, 0) is 21.3 Å². The molecule has 0 N–H and O–H groups in total. The average Bonchev–Trinajstić information content (AvgIpc) is 3.59. The van der Waals surface area contributed by atoms with Crippen molar-refractivity contribution in [2.24, 2.45) is 0 Å². The van der Waals surface area contributed by atoms with Crippen LogP contribution in [0, 0.1) is 3.70 Å². The first-order valence-corrected chi connectivity index (χ1v) is 14.5. The minimum atomic E-state index is -0.612. The Morgan fingerprint density at radius 1 is 1.11 bits per heavy atom. The SMILES string of the molecule is CC([C@@H]1CCN1C)n1nc(I)c2c(Cl)nc(-c3noc4c3CCC[C@@]43CCCCC34OCCO4)nc21. The van der Waals surface area contributed by atoms with E-state index in [0.29, 0.717) is 35.9 Å². The van der Waals surface area contributed by atoms with E-state index in [9.17, 15) is 0 Å². The Morgan fingerprint density at radius 2 is 1.89 bits per heavy atom. The smallest absolute Gasteiger partial charge is 0.185 e. The largest absolute Gasteiger partial charge is 0.360 e. The van der Waals surface area contributed by atoms with Crippen LogP contribution in [-0.4, -0.2) is 68.4 Å². The average molecular weight is 625 g/mol. The highest BCUT2D eigenvalue weighted by Gasteiger charge is 2.61. The van der Waals surface area contributed by atoms with Gasteiger partial charge in [0.15, 0.2) is 28.7 Å². The Labute approximate surface area is 228 Å². The van der Waals surface area contributed by atoms with Gasteiger partial charge >= 0.3 is 0 Å². The van der Waals surface area contributed by atoms with Gasteiger partial charge in [-0.15, -0.1) is 0 Å². The topological polar surface area (TPSA) is 91.3 Å². The fourth-order valence-corrected chi connectivity index (χ4v) is 8.26. The van der Waals surface area contributed by atoms with E-state index in [2.05, 4.69) is 46.6 Å². The molecule has 0 amide bonds. The number of fused-ring (bicyclic) bond motifs is 4. The van der Waals surface area contributed by atoms with Gasteiger partial charge in [-0.25, -0.2) is 14.6 Å². The number of halogens is 2. The third-order valence-corrected chi connectivity index (χ3v) is 10.1. The number of ether oxygens (including phenoxy) is 2. The molecule has 3 aromatic rings. The van der Waals surface area contributed by atoms with Crippen LogP contribution in [0.2, 0.25) is 5.15 Å². The second-order valence-corrected chi connectivity index (χ2v) is 12.2. The molecule has 4 aliphatic rings. The Kier molecular flexibility index (Phi) is 5.67. The Balaban J connectivity index is 1.35. The lowest BCUT2D eigenvalue weighted by Crippen LogP contribution is -2.56. The molecule has 9 nitrogen and oxygen atoms in total. The number of hydrogen-bond donors (Lipinski definition) is 0. The van der Waals surface area contributed by atoms with E-state index in [1.54, 1.807) is 0 Å². The first-order valence-electron chi connectivity index (χ1n) is 13.0. The minimum absolute atomic E-state index is 0.168. The summed E-state index contributed by atoms with van der Waals surface area (Å²) in [6, 6.07) is 0.594. The van der Waals surface area contributed by atoms with Crippen molar-refractivity contribution in [1.29, 1.82) is 0 Å². The maximum Gasteiger partial charge on any atom is 0.185 e. The van der Waals surface area contributed by atoms with Crippen molar-refractivity contribution in [3.8, 4) is 11.5 Å². The highest BCUT2D eigenvalue weighted by atomic mass is 127. The normalized spacial score (nSPS) is 28.6. The van der Waals surface area contributed by atoms with Gasteiger partial charge in [0.2, 0.25) is 0 Å². The summed E-state index contributed by atoms with van der Waals surface area (Å²) < 4.78 is 21.7. The van der Waals surface area contributed by atoms with Crippen LogP contribution in [0.25, 0.3) is 22.6 Å². The van der Waals surface area contributed by atoms with Gasteiger partial charge in [0, 0.05) is 18.0 Å². The van der Waals surface area contributed by atoms with Crippen molar-refractivity contribution in [1.82, 2.24) is 29.8 Å². The first kappa shape index (κ1) is 23.8. The van der Waals surface area contributed by atoms with Crippen LogP contribution in [0.5, 0.6) is 0 Å². The molecule has 3 atom stereocenters. The summed E-state index contributed by atoms with van der Waals surface area (Å²) in [5.41, 5.74) is 2.20. The van der Waals surface area contributed by atoms with Gasteiger partial charge in [-0.2, -0.15) is 5.10 Å². The zero-order valence-corrected chi connectivity index (χ0v) is 23.5. The zero-order chi connectivity index (χ0) is 24.7. The number of nitrogens with zero attached hydrogens (tertiary/aromatic N) is 6. The van der Waals surface area contributed by atoms with Crippen molar-refractivity contribution in [3.63, 3.8) is 0 Å². The number of likely N-dealkylation sites (tertiary alicyclic amines) is 1. The second kappa shape index (κ2) is 8.59. The molecular weight excluding hydrogens is 595 g/mol. The predicted octanol–water partition coefficient (Wildman–Crippen LogP) is 4.90. The summed E-state index contributed by atoms with van der Waals surface area (Å²) in [4.78, 5) is 12.1. The molecule has 36 heavy (non-hydrogen) atoms. The molecular formula is C25H30ClIN6O3. The molecule has 3 aromatic heterocycles. The lowest BCUT2D eigenvalue weighted by molar-refractivity contribution is -0.235. The van der Waals surface area contributed by atoms with Gasteiger partial charge in [-0.05, 0) is 81.6 Å². The Morgan fingerprint density at radius 3 is 2.64 bits per heavy atom. The van der Waals surface area contributed by atoms with Gasteiger partial charge in [-0.3, -0.25) is 0 Å². The number of hydrogen-bond acceptors (Lipinski definition) is 8. The van der Waals surface area contributed by atoms with Gasteiger partial charge in [0.25, 0.3) is 0 Å². The molecule has 2 aliphatic heterocycles. The highest BCUT2D eigenvalue weighted by Crippen LogP contribution is 2.57. The first-order chi connectivity index (χ1) is 17.4. The third-order valence-electron chi connectivity index (χ3n) is 9.06. The Hall–Kier alpha value is -1.34. The highest BCUT2D eigenvalue weighted by molar-refractivity contribution is 14.1. The molecule has 2 spiro atoms. The number of likely N-dealkylation sites (N-methyl/N-ethyl adjacent to an activating group) is 1. The summed E-state index contributed by atoms with van der Waals surface area (Å²) >= 11 is 8.99. The molecule has 5 heterocycles. The molecule has 1 unspecified atom stereocenters. The molecule has 2 saturated heterocycles. The fourth-order valence-electron chi connectivity index (χ4n) is 7.12. The summed E-state index contributed by atoms with van der Waals surface area (Å²) in [5, 5.41) is 10.6. The van der Waals surface area contributed by atoms with Crippen LogP contribution in [0.4, 0.5) is 0 Å². The number of rotatable bonds is 3. The van der Waals surface area contributed by atoms with Gasteiger partial charge in [-0.1, -0.05) is 23.2 Å². The standard InChI is InChI=1S/C25H30ClIN6O3/c1-14(16-7-11-32(16)2)33-23-17(21(27)30-33)20(26)28-22(29-23)18-15-6-5-9-24(19(15)36-31-18)8-3-4-10-25(24)34-12-13-35-25/h14,16H,3-13H2,1-2H3/t14?,16-,24-/m0/s1. The van der Waals surface area contributed by atoms with Crippen LogP contribution in [0.3, 0.4) is 0 Å². The summed E-state index contributed by atoms with van der Waals surface area (Å²) in [6.07, 6.45) is 8.11. The van der Waals surface area contributed by atoms with Crippen LogP contribution < -0.4 is 0 Å². The molecule has 2 aliphatic carbocycles. The maximum absolute atomic E-state index is 6.76.